The average molecular weight is 347 g/mol. The van der Waals surface area contributed by atoms with Crippen LogP contribution in [0.1, 0.15) is 25.5 Å². The first kappa shape index (κ1) is 13.8. The Labute approximate surface area is 124 Å². The van der Waals surface area contributed by atoms with Crippen molar-refractivity contribution in [2.75, 3.05) is 12.4 Å². The molecule has 0 spiro atoms. The Morgan fingerprint density at radius 2 is 2.06 bits per heavy atom. The van der Waals surface area contributed by atoms with E-state index >= 15 is 0 Å². The van der Waals surface area contributed by atoms with Gasteiger partial charge in [-0.05, 0) is 27.9 Å². The molecule has 96 valence electrons. The molecule has 1 N–H and O–H groups in total. The molecule has 0 aromatic carbocycles. The third-order valence-corrected chi connectivity index (χ3v) is 4.93. The summed E-state index contributed by atoms with van der Waals surface area (Å²) >= 11 is 10.9. The van der Waals surface area contributed by atoms with Gasteiger partial charge in [-0.25, -0.2) is 9.97 Å². The summed E-state index contributed by atoms with van der Waals surface area (Å²) in [4.78, 5) is 10.0. The van der Waals surface area contributed by atoms with Gasteiger partial charge in [0.1, 0.15) is 10.2 Å². The van der Waals surface area contributed by atoms with E-state index in [0.29, 0.717) is 11.7 Å². The summed E-state index contributed by atoms with van der Waals surface area (Å²) in [5.74, 6) is 1.89. The van der Waals surface area contributed by atoms with Crippen molar-refractivity contribution in [2.24, 2.45) is 0 Å². The molecule has 2 heterocycles. The minimum Gasteiger partial charge on any atom is -0.373 e. The Kier molecular flexibility index (Phi) is 4.25. The topological polar surface area (TPSA) is 37.8 Å². The normalized spacial score (nSPS) is 11.0. The Balaban J connectivity index is 2.52. The Morgan fingerprint density at radius 1 is 1.33 bits per heavy atom. The van der Waals surface area contributed by atoms with Crippen molar-refractivity contribution in [2.45, 2.75) is 19.8 Å². The predicted octanol–water partition coefficient (Wildman–Crippen LogP) is 4.79. The summed E-state index contributed by atoms with van der Waals surface area (Å²) in [6.07, 6.45) is 0. The van der Waals surface area contributed by atoms with E-state index in [4.69, 9.17) is 11.6 Å². The molecule has 0 aliphatic heterocycles. The van der Waals surface area contributed by atoms with Crippen molar-refractivity contribution >= 4 is 44.7 Å². The van der Waals surface area contributed by atoms with Crippen LogP contribution in [0.5, 0.6) is 0 Å². The number of anilines is 1. The van der Waals surface area contributed by atoms with E-state index < -0.39 is 0 Å². The number of halogens is 2. The zero-order chi connectivity index (χ0) is 13.3. The van der Waals surface area contributed by atoms with E-state index in [9.17, 15) is 0 Å². The summed E-state index contributed by atoms with van der Waals surface area (Å²) in [5.41, 5.74) is 1.02. The van der Waals surface area contributed by atoms with E-state index in [0.717, 1.165) is 25.2 Å². The third-order valence-electron chi connectivity index (χ3n) is 2.46. The molecule has 6 heteroatoms. The maximum Gasteiger partial charge on any atom is 0.171 e. The van der Waals surface area contributed by atoms with Crippen LogP contribution in [0.2, 0.25) is 4.34 Å². The number of hydrogen-bond donors (Lipinski definition) is 1. The number of rotatable bonds is 3. The van der Waals surface area contributed by atoms with Crippen molar-refractivity contribution in [1.82, 2.24) is 9.97 Å². The van der Waals surface area contributed by atoms with E-state index in [1.807, 2.05) is 19.2 Å². The van der Waals surface area contributed by atoms with Crippen molar-refractivity contribution in [3.8, 4) is 10.7 Å². The summed E-state index contributed by atoms with van der Waals surface area (Å²) in [6, 6.07) is 3.92. The molecule has 0 fully saturated rings. The van der Waals surface area contributed by atoms with Crippen LogP contribution < -0.4 is 5.32 Å². The Hall–Kier alpha value is -0.650. The van der Waals surface area contributed by atoms with Gasteiger partial charge in [0, 0.05) is 23.3 Å². The summed E-state index contributed by atoms with van der Waals surface area (Å²) < 4.78 is 1.60. The summed E-state index contributed by atoms with van der Waals surface area (Å²) in [7, 11) is 1.85. The van der Waals surface area contributed by atoms with Crippen LogP contribution in [-0.4, -0.2) is 17.0 Å². The highest BCUT2D eigenvalue weighted by Gasteiger charge is 2.12. The van der Waals surface area contributed by atoms with Crippen LogP contribution in [0.25, 0.3) is 10.7 Å². The molecule has 18 heavy (non-hydrogen) atoms. The first-order valence-corrected chi connectivity index (χ1v) is 7.52. The zero-order valence-corrected chi connectivity index (χ0v) is 13.4. The molecular weight excluding hydrogens is 334 g/mol. The molecule has 2 aromatic heterocycles. The lowest BCUT2D eigenvalue weighted by molar-refractivity contribution is 0.818. The molecule has 3 nitrogen and oxygen atoms in total. The quantitative estimate of drug-likeness (QED) is 0.868. The molecule has 0 aliphatic carbocycles. The van der Waals surface area contributed by atoms with E-state index in [2.05, 4.69) is 45.1 Å². The van der Waals surface area contributed by atoms with Gasteiger partial charge in [-0.3, -0.25) is 0 Å². The number of nitrogens with one attached hydrogen (secondary N) is 1. The van der Waals surface area contributed by atoms with Gasteiger partial charge >= 0.3 is 0 Å². The fourth-order valence-corrected chi connectivity index (χ4v) is 3.09. The van der Waals surface area contributed by atoms with Gasteiger partial charge in [0.05, 0.1) is 4.88 Å². The van der Waals surface area contributed by atoms with Gasteiger partial charge in [-0.15, -0.1) is 11.3 Å². The molecule has 0 atom stereocenters. The molecular formula is C12H13BrClN3S. The first-order chi connectivity index (χ1) is 8.51. The minimum absolute atomic E-state index is 0.359. The standard InChI is InChI=1S/C12H13BrClN3S/c1-6(2)8-5-10(15-3)17-12(16-8)9-4-7(13)11(14)18-9/h4-6H,1-3H3,(H,15,16,17). The SMILES string of the molecule is CNc1cc(C(C)C)nc(-c2cc(Br)c(Cl)s2)n1. The number of hydrogen-bond acceptors (Lipinski definition) is 4. The van der Waals surface area contributed by atoms with Crippen molar-refractivity contribution in [3.05, 3.63) is 26.6 Å². The van der Waals surface area contributed by atoms with Crippen LogP contribution in [0, 0.1) is 0 Å². The molecule has 0 unspecified atom stereocenters. The average Bonchev–Trinajstić information content (AvgIpc) is 2.69. The monoisotopic (exact) mass is 345 g/mol. The Bertz CT molecular complexity index is 549. The number of thiophene rings is 1. The highest BCUT2D eigenvalue weighted by molar-refractivity contribution is 9.10. The fraction of sp³-hybridized carbons (Fsp3) is 0.333. The van der Waals surface area contributed by atoms with E-state index in [1.165, 1.54) is 11.3 Å². The molecule has 0 aliphatic rings. The maximum atomic E-state index is 6.06. The minimum atomic E-state index is 0.359. The lowest BCUT2D eigenvalue weighted by atomic mass is 10.1. The van der Waals surface area contributed by atoms with Crippen LogP contribution in [0.15, 0.2) is 16.6 Å². The van der Waals surface area contributed by atoms with E-state index in [-0.39, 0.29) is 0 Å². The van der Waals surface area contributed by atoms with Gasteiger partial charge in [-0.1, -0.05) is 25.4 Å². The van der Waals surface area contributed by atoms with Gasteiger partial charge in [-0.2, -0.15) is 0 Å². The van der Waals surface area contributed by atoms with Crippen LogP contribution in [0.3, 0.4) is 0 Å². The molecule has 0 saturated heterocycles. The molecule has 0 bridgehead atoms. The van der Waals surface area contributed by atoms with Gasteiger partial charge in [0.2, 0.25) is 0 Å². The lowest BCUT2D eigenvalue weighted by Crippen LogP contribution is -2.01. The predicted molar refractivity (Wildman–Crippen MR) is 81.7 cm³/mol. The summed E-state index contributed by atoms with van der Waals surface area (Å²) in [5, 5.41) is 3.06. The molecule has 0 radical (unpaired) electrons. The van der Waals surface area contributed by atoms with Crippen molar-refractivity contribution in [3.63, 3.8) is 0 Å². The van der Waals surface area contributed by atoms with Crippen LogP contribution in [0.4, 0.5) is 5.82 Å². The second-order valence-electron chi connectivity index (χ2n) is 4.14. The van der Waals surface area contributed by atoms with Crippen LogP contribution >= 0.6 is 38.9 Å². The van der Waals surface area contributed by atoms with Gasteiger partial charge in [0.25, 0.3) is 0 Å². The third kappa shape index (κ3) is 2.84. The van der Waals surface area contributed by atoms with E-state index in [1.54, 1.807) is 0 Å². The van der Waals surface area contributed by atoms with Gasteiger partial charge in [0.15, 0.2) is 5.82 Å². The molecule has 2 aromatic rings. The van der Waals surface area contributed by atoms with Crippen molar-refractivity contribution < 1.29 is 0 Å². The lowest BCUT2D eigenvalue weighted by Gasteiger charge is -2.08. The fourth-order valence-electron chi connectivity index (χ4n) is 1.46. The second kappa shape index (κ2) is 5.55. The van der Waals surface area contributed by atoms with Gasteiger partial charge < -0.3 is 5.32 Å². The molecule has 2 rings (SSSR count). The smallest absolute Gasteiger partial charge is 0.171 e. The molecule has 0 amide bonds. The highest BCUT2D eigenvalue weighted by Crippen LogP contribution is 2.37. The maximum absolute atomic E-state index is 6.06. The molecule has 0 saturated carbocycles. The number of nitrogens with zero attached hydrogens (tertiary/aromatic N) is 2. The van der Waals surface area contributed by atoms with Crippen LogP contribution in [-0.2, 0) is 0 Å². The second-order valence-corrected chi connectivity index (χ2v) is 6.65. The largest absolute Gasteiger partial charge is 0.373 e. The Morgan fingerprint density at radius 3 is 2.56 bits per heavy atom. The number of aromatic nitrogens is 2. The first-order valence-electron chi connectivity index (χ1n) is 5.53. The zero-order valence-electron chi connectivity index (χ0n) is 10.3. The highest BCUT2D eigenvalue weighted by atomic mass is 79.9. The summed E-state index contributed by atoms with van der Waals surface area (Å²) in [6.45, 7) is 4.23. The van der Waals surface area contributed by atoms with Crippen molar-refractivity contribution in [1.29, 1.82) is 0 Å².